The highest BCUT2D eigenvalue weighted by Gasteiger charge is 2.13. The van der Waals surface area contributed by atoms with Crippen molar-refractivity contribution in [2.45, 2.75) is 17.3 Å². The summed E-state index contributed by atoms with van der Waals surface area (Å²) < 4.78 is 5.23. The van der Waals surface area contributed by atoms with Crippen molar-refractivity contribution in [2.75, 3.05) is 13.7 Å². The van der Waals surface area contributed by atoms with E-state index in [1.807, 2.05) is 43.6 Å². The molecule has 19 heavy (non-hydrogen) atoms. The van der Waals surface area contributed by atoms with Gasteiger partial charge in [0.05, 0.1) is 7.11 Å². The third-order valence-corrected chi connectivity index (χ3v) is 3.86. The van der Waals surface area contributed by atoms with E-state index in [0.29, 0.717) is 6.54 Å². The molecule has 1 aromatic carbocycles. The van der Waals surface area contributed by atoms with Crippen LogP contribution in [0, 0.1) is 6.92 Å². The highest BCUT2D eigenvalue weighted by atomic mass is 32.2. The predicted octanol–water partition coefficient (Wildman–Crippen LogP) is 2.59. The zero-order chi connectivity index (χ0) is 13.7. The molecular weight excluding hydrogens is 258 g/mol. The molecule has 1 atom stereocenters. The van der Waals surface area contributed by atoms with Crippen molar-refractivity contribution < 1.29 is 4.74 Å². The van der Waals surface area contributed by atoms with Crippen LogP contribution in [0.15, 0.2) is 41.8 Å². The van der Waals surface area contributed by atoms with E-state index in [2.05, 4.69) is 9.97 Å². The third kappa shape index (κ3) is 3.68. The summed E-state index contributed by atoms with van der Waals surface area (Å²) in [5, 5.41) is 0.863. The fourth-order valence-corrected chi connectivity index (χ4v) is 2.52. The fraction of sp³-hybridized carbons (Fsp3) is 0.286. The van der Waals surface area contributed by atoms with Crippen LogP contribution in [0.4, 0.5) is 0 Å². The zero-order valence-electron chi connectivity index (χ0n) is 11.0. The first kappa shape index (κ1) is 13.8. The number of hydrogen-bond donors (Lipinski definition) is 1. The number of thioether (sulfide) groups is 1. The molecular formula is C14H17N3OS. The Balaban J connectivity index is 2.17. The van der Waals surface area contributed by atoms with Crippen molar-refractivity contribution >= 4 is 11.8 Å². The maximum Gasteiger partial charge on any atom is 0.188 e. The average molecular weight is 275 g/mol. The van der Waals surface area contributed by atoms with Crippen LogP contribution in [0.3, 0.4) is 0 Å². The summed E-state index contributed by atoms with van der Waals surface area (Å²) in [6.45, 7) is 2.49. The van der Waals surface area contributed by atoms with Gasteiger partial charge in [0.2, 0.25) is 0 Å². The Morgan fingerprint density at radius 3 is 2.68 bits per heavy atom. The summed E-state index contributed by atoms with van der Waals surface area (Å²) in [5.41, 5.74) is 8.03. The molecule has 1 aromatic heterocycles. The van der Waals surface area contributed by atoms with E-state index in [0.717, 1.165) is 22.0 Å². The fourth-order valence-electron chi connectivity index (χ4n) is 1.66. The van der Waals surface area contributed by atoms with Crippen molar-refractivity contribution in [3.63, 3.8) is 0 Å². The lowest BCUT2D eigenvalue weighted by Crippen LogP contribution is -2.10. The first-order valence-electron chi connectivity index (χ1n) is 6.02. The molecule has 0 amide bonds. The van der Waals surface area contributed by atoms with Gasteiger partial charge in [0.15, 0.2) is 5.16 Å². The first-order valence-corrected chi connectivity index (χ1v) is 6.90. The Labute approximate surface area is 117 Å². The van der Waals surface area contributed by atoms with E-state index in [1.165, 1.54) is 0 Å². The summed E-state index contributed by atoms with van der Waals surface area (Å²) >= 11 is 1.57. The SMILES string of the molecule is COc1cccc(C(CN)Sc2ncc(C)cn2)c1. The maximum atomic E-state index is 5.86. The summed E-state index contributed by atoms with van der Waals surface area (Å²) in [7, 11) is 1.66. The monoisotopic (exact) mass is 275 g/mol. The van der Waals surface area contributed by atoms with Crippen LogP contribution >= 0.6 is 11.8 Å². The van der Waals surface area contributed by atoms with Gasteiger partial charge in [-0.1, -0.05) is 23.9 Å². The molecule has 0 bridgehead atoms. The molecule has 0 aliphatic carbocycles. The van der Waals surface area contributed by atoms with Crippen LogP contribution in [0.25, 0.3) is 0 Å². The number of hydrogen-bond acceptors (Lipinski definition) is 5. The average Bonchev–Trinajstić information content (AvgIpc) is 2.46. The van der Waals surface area contributed by atoms with Crippen LogP contribution in [0.1, 0.15) is 16.4 Å². The van der Waals surface area contributed by atoms with Gasteiger partial charge < -0.3 is 10.5 Å². The second kappa shape index (κ2) is 6.54. The molecule has 0 radical (unpaired) electrons. The second-order valence-corrected chi connectivity index (χ2v) is 5.33. The first-order chi connectivity index (χ1) is 9.22. The quantitative estimate of drug-likeness (QED) is 0.671. The van der Waals surface area contributed by atoms with E-state index < -0.39 is 0 Å². The molecule has 4 nitrogen and oxygen atoms in total. The smallest absolute Gasteiger partial charge is 0.188 e. The number of aryl methyl sites for hydroxylation is 1. The maximum absolute atomic E-state index is 5.86. The van der Waals surface area contributed by atoms with Crippen LogP contribution < -0.4 is 10.5 Å². The van der Waals surface area contributed by atoms with E-state index in [4.69, 9.17) is 10.5 Å². The molecule has 1 heterocycles. The Bertz CT molecular complexity index is 530. The number of benzene rings is 1. The Morgan fingerprint density at radius 2 is 2.05 bits per heavy atom. The lowest BCUT2D eigenvalue weighted by atomic mass is 10.1. The summed E-state index contributed by atoms with van der Waals surface area (Å²) in [6.07, 6.45) is 3.63. The molecule has 0 spiro atoms. The van der Waals surface area contributed by atoms with Crippen LogP contribution in [0.5, 0.6) is 5.75 Å². The highest BCUT2D eigenvalue weighted by Crippen LogP contribution is 2.33. The lowest BCUT2D eigenvalue weighted by Gasteiger charge is -2.14. The van der Waals surface area contributed by atoms with Gasteiger partial charge in [0, 0.05) is 24.2 Å². The van der Waals surface area contributed by atoms with Gasteiger partial charge in [-0.3, -0.25) is 0 Å². The third-order valence-electron chi connectivity index (χ3n) is 2.68. The van der Waals surface area contributed by atoms with E-state index in [1.54, 1.807) is 18.9 Å². The molecule has 100 valence electrons. The molecule has 2 aromatic rings. The summed E-state index contributed by atoms with van der Waals surface area (Å²) in [5.74, 6) is 0.835. The largest absolute Gasteiger partial charge is 0.497 e. The summed E-state index contributed by atoms with van der Waals surface area (Å²) in [4.78, 5) is 8.60. The molecule has 0 fully saturated rings. The van der Waals surface area contributed by atoms with Crippen molar-refractivity contribution in [3.8, 4) is 5.75 Å². The van der Waals surface area contributed by atoms with E-state index >= 15 is 0 Å². The van der Waals surface area contributed by atoms with Crippen LogP contribution in [-0.4, -0.2) is 23.6 Å². The molecule has 0 saturated heterocycles. The zero-order valence-corrected chi connectivity index (χ0v) is 11.9. The molecule has 5 heteroatoms. The number of nitrogens with two attached hydrogens (primary N) is 1. The normalized spacial score (nSPS) is 12.2. The predicted molar refractivity (Wildman–Crippen MR) is 77.4 cm³/mol. The van der Waals surface area contributed by atoms with Crippen molar-refractivity contribution in [1.82, 2.24) is 9.97 Å². The number of aromatic nitrogens is 2. The van der Waals surface area contributed by atoms with Gasteiger partial charge in [0.25, 0.3) is 0 Å². The van der Waals surface area contributed by atoms with Crippen LogP contribution in [-0.2, 0) is 0 Å². The molecule has 2 rings (SSSR count). The summed E-state index contributed by atoms with van der Waals surface area (Å²) in [6, 6.07) is 7.93. The molecule has 0 saturated carbocycles. The lowest BCUT2D eigenvalue weighted by molar-refractivity contribution is 0.414. The minimum absolute atomic E-state index is 0.123. The number of ether oxygens (including phenoxy) is 1. The Kier molecular flexibility index (Phi) is 4.76. The van der Waals surface area contributed by atoms with E-state index in [-0.39, 0.29) is 5.25 Å². The topological polar surface area (TPSA) is 61.0 Å². The minimum Gasteiger partial charge on any atom is -0.497 e. The van der Waals surface area contributed by atoms with Crippen LogP contribution in [0.2, 0.25) is 0 Å². The van der Waals surface area contributed by atoms with Crippen molar-refractivity contribution in [3.05, 3.63) is 47.8 Å². The molecule has 0 aliphatic rings. The van der Waals surface area contributed by atoms with Crippen molar-refractivity contribution in [1.29, 1.82) is 0 Å². The number of rotatable bonds is 5. The molecule has 1 unspecified atom stereocenters. The number of methoxy groups -OCH3 is 1. The minimum atomic E-state index is 0.123. The standard InChI is InChI=1S/C14H17N3OS/c1-10-8-16-14(17-9-10)19-13(7-15)11-4-3-5-12(6-11)18-2/h3-6,8-9,13H,7,15H2,1-2H3. The van der Waals surface area contributed by atoms with Crippen molar-refractivity contribution in [2.24, 2.45) is 5.73 Å². The number of nitrogens with zero attached hydrogens (tertiary/aromatic N) is 2. The van der Waals surface area contributed by atoms with Gasteiger partial charge in [-0.15, -0.1) is 0 Å². The Morgan fingerprint density at radius 1 is 1.32 bits per heavy atom. The van der Waals surface area contributed by atoms with Gasteiger partial charge in [-0.25, -0.2) is 9.97 Å². The van der Waals surface area contributed by atoms with Gasteiger partial charge in [-0.2, -0.15) is 0 Å². The van der Waals surface area contributed by atoms with Gasteiger partial charge >= 0.3 is 0 Å². The van der Waals surface area contributed by atoms with Gasteiger partial charge in [-0.05, 0) is 30.2 Å². The molecule has 2 N–H and O–H groups in total. The molecule has 0 aliphatic heterocycles. The second-order valence-electron chi connectivity index (χ2n) is 4.16. The Hall–Kier alpha value is -1.59. The highest BCUT2D eigenvalue weighted by molar-refractivity contribution is 7.99. The van der Waals surface area contributed by atoms with E-state index in [9.17, 15) is 0 Å². The van der Waals surface area contributed by atoms with Gasteiger partial charge in [0.1, 0.15) is 5.75 Å².